The first-order valence-corrected chi connectivity index (χ1v) is 8.14. The molecule has 0 aromatic heterocycles. The summed E-state index contributed by atoms with van der Waals surface area (Å²) in [6, 6.07) is 4.49. The van der Waals surface area contributed by atoms with Crippen LogP contribution < -0.4 is 0 Å². The van der Waals surface area contributed by atoms with E-state index >= 15 is 0 Å². The van der Waals surface area contributed by atoms with E-state index in [-0.39, 0.29) is 5.60 Å². The Kier molecular flexibility index (Phi) is 4.56. The molecule has 18 heavy (non-hydrogen) atoms. The summed E-state index contributed by atoms with van der Waals surface area (Å²) in [5.41, 5.74) is 4.13. The van der Waals surface area contributed by atoms with Crippen LogP contribution in [0.25, 0.3) is 0 Å². The number of hydrogen-bond donors (Lipinski definition) is 0. The number of benzene rings is 1. The molecule has 100 valence electrons. The molecule has 0 bridgehead atoms. The second-order valence-electron chi connectivity index (χ2n) is 5.37. The molecule has 1 aromatic carbocycles. The highest BCUT2D eigenvalue weighted by molar-refractivity contribution is 9.10. The summed E-state index contributed by atoms with van der Waals surface area (Å²) in [4.78, 5) is 0.379. The van der Waals surface area contributed by atoms with Crippen molar-refractivity contribution in [3.05, 3.63) is 33.3 Å². The van der Waals surface area contributed by atoms with Crippen molar-refractivity contribution in [1.29, 1.82) is 0 Å². The van der Waals surface area contributed by atoms with Gasteiger partial charge in [-0.15, -0.1) is 0 Å². The lowest BCUT2D eigenvalue weighted by atomic mass is 9.76. The minimum absolute atomic E-state index is 0.113. The molecule has 0 heterocycles. The van der Waals surface area contributed by atoms with Crippen molar-refractivity contribution in [3.63, 3.8) is 0 Å². The van der Waals surface area contributed by atoms with Crippen molar-refractivity contribution >= 4 is 31.9 Å². The SMILES string of the molecule is COC1(CC(Br)c2cc(C)c(Br)cc2C)CCC1. The Labute approximate surface area is 127 Å². The average molecular weight is 376 g/mol. The lowest BCUT2D eigenvalue weighted by Gasteiger charge is -2.42. The zero-order valence-corrected chi connectivity index (χ0v) is 14.4. The number of methoxy groups -OCH3 is 1. The normalized spacial score (nSPS) is 19.4. The van der Waals surface area contributed by atoms with Crippen molar-refractivity contribution in [2.45, 2.75) is 50.0 Å². The van der Waals surface area contributed by atoms with Crippen molar-refractivity contribution in [3.8, 4) is 0 Å². The van der Waals surface area contributed by atoms with E-state index in [9.17, 15) is 0 Å². The van der Waals surface area contributed by atoms with Crippen LogP contribution in [0.1, 0.15) is 47.2 Å². The van der Waals surface area contributed by atoms with Crippen LogP contribution >= 0.6 is 31.9 Å². The van der Waals surface area contributed by atoms with Crippen LogP contribution in [0.3, 0.4) is 0 Å². The van der Waals surface area contributed by atoms with Crippen LogP contribution in [0.5, 0.6) is 0 Å². The predicted molar refractivity (Wildman–Crippen MR) is 83.5 cm³/mol. The lowest BCUT2D eigenvalue weighted by Crippen LogP contribution is -2.39. The molecule has 0 saturated heterocycles. The van der Waals surface area contributed by atoms with Gasteiger partial charge in [-0.05, 0) is 62.3 Å². The third-order valence-electron chi connectivity index (χ3n) is 4.13. The van der Waals surface area contributed by atoms with E-state index in [0.29, 0.717) is 4.83 Å². The highest BCUT2D eigenvalue weighted by Crippen LogP contribution is 2.45. The molecule has 3 heteroatoms. The molecular weight excluding hydrogens is 356 g/mol. The minimum atomic E-state index is 0.113. The van der Waals surface area contributed by atoms with Crippen LogP contribution in [-0.2, 0) is 4.74 Å². The lowest BCUT2D eigenvalue weighted by molar-refractivity contribution is -0.0773. The molecule has 0 aliphatic heterocycles. The van der Waals surface area contributed by atoms with E-state index in [4.69, 9.17) is 4.74 Å². The molecule has 1 aliphatic carbocycles. The summed E-state index contributed by atoms with van der Waals surface area (Å²) in [5.74, 6) is 0. The van der Waals surface area contributed by atoms with Crippen LogP contribution in [0.15, 0.2) is 16.6 Å². The van der Waals surface area contributed by atoms with Gasteiger partial charge in [0.15, 0.2) is 0 Å². The molecule has 0 spiro atoms. The summed E-state index contributed by atoms with van der Waals surface area (Å²) in [5, 5.41) is 0. The monoisotopic (exact) mass is 374 g/mol. The van der Waals surface area contributed by atoms with Crippen molar-refractivity contribution in [1.82, 2.24) is 0 Å². The molecular formula is C15H20Br2O. The summed E-state index contributed by atoms with van der Waals surface area (Å²) in [6.45, 7) is 4.32. The quantitative estimate of drug-likeness (QED) is 0.634. The van der Waals surface area contributed by atoms with E-state index in [0.717, 1.165) is 6.42 Å². The van der Waals surface area contributed by atoms with Gasteiger partial charge in [0, 0.05) is 16.4 Å². The summed E-state index contributed by atoms with van der Waals surface area (Å²) >= 11 is 7.44. The third-order valence-corrected chi connectivity index (χ3v) is 5.81. The molecule has 0 radical (unpaired) electrons. The van der Waals surface area contributed by atoms with E-state index in [1.807, 2.05) is 7.11 Å². The number of alkyl halides is 1. The number of hydrogen-bond acceptors (Lipinski definition) is 1. The van der Waals surface area contributed by atoms with Crippen LogP contribution in [0.4, 0.5) is 0 Å². The van der Waals surface area contributed by atoms with E-state index in [1.54, 1.807) is 0 Å². The Bertz CT molecular complexity index is 433. The maximum absolute atomic E-state index is 5.72. The molecule has 1 unspecified atom stereocenters. The maximum Gasteiger partial charge on any atom is 0.0692 e. The molecule has 2 rings (SSSR count). The first-order valence-electron chi connectivity index (χ1n) is 6.43. The second kappa shape index (κ2) is 5.64. The molecule has 1 aromatic rings. The largest absolute Gasteiger partial charge is 0.378 e. The number of ether oxygens (including phenoxy) is 1. The third kappa shape index (κ3) is 2.83. The molecule has 1 nitrogen and oxygen atoms in total. The van der Waals surface area contributed by atoms with Gasteiger partial charge in [0.1, 0.15) is 0 Å². The average Bonchev–Trinajstić information content (AvgIpc) is 2.28. The Morgan fingerprint density at radius 2 is 1.94 bits per heavy atom. The molecule has 0 N–H and O–H groups in total. The topological polar surface area (TPSA) is 9.23 Å². The van der Waals surface area contributed by atoms with Crippen molar-refractivity contribution in [2.24, 2.45) is 0 Å². The van der Waals surface area contributed by atoms with Crippen molar-refractivity contribution in [2.75, 3.05) is 7.11 Å². The summed E-state index contributed by atoms with van der Waals surface area (Å²) in [6.07, 6.45) is 4.75. The number of halogens is 2. The van der Waals surface area contributed by atoms with Gasteiger partial charge in [0.2, 0.25) is 0 Å². The standard InChI is InChI=1S/C15H20Br2O/c1-10-8-13(16)11(2)7-12(10)14(17)9-15(18-3)5-4-6-15/h7-8,14H,4-6,9H2,1-3H3. The fourth-order valence-electron chi connectivity index (χ4n) is 2.64. The second-order valence-corrected chi connectivity index (χ2v) is 7.33. The van der Waals surface area contributed by atoms with E-state index in [1.165, 1.54) is 40.4 Å². The van der Waals surface area contributed by atoms with Crippen molar-refractivity contribution < 1.29 is 4.74 Å². The highest BCUT2D eigenvalue weighted by Gasteiger charge is 2.39. The minimum Gasteiger partial charge on any atom is -0.378 e. The van der Waals surface area contributed by atoms with Crippen LogP contribution in [0, 0.1) is 13.8 Å². The first kappa shape index (κ1) is 14.5. The van der Waals surface area contributed by atoms with Crippen LogP contribution in [-0.4, -0.2) is 12.7 Å². The Hall–Kier alpha value is 0.140. The van der Waals surface area contributed by atoms with Gasteiger partial charge >= 0.3 is 0 Å². The molecule has 1 saturated carbocycles. The van der Waals surface area contributed by atoms with Gasteiger partial charge < -0.3 is 4.74 Å². The van der Waals surface area contributed by atoms with Gasteiger partial charge in [0.05, 0.1) is 5.60 Å². The fourth-order valence-corrected chi connectivity index (χ4v) is 4.18. The van der Waals surface area contributed by atoms with Gasteiger partial charge in [0.25, 0.3) is 0 Å². The van der Waals surface area contributed by atoms with E-state index in [2.05, 4.69) is 57.8 Å². The zero-order chi connectivity index (χ0) is 13.3. The summed E-state index contributed by atoms with van der Waals surface area (Å²) < 4.78 is 6.91. The summed E-state index contributed by atoms with van der Waals surface area (Å²) in [7, 11) is 1.85. The van der Waals surface area contributed by atoms with Gasteiger partial charge in [-0.2, -0.15) is 0 Å². The number of rotatable bonds is 4. The predicted octanol–water partition coefficient (Wildman–Crippen LogP) is 5.46. The smallest absolute Gasteiger partial charge is 0.0692 e. The van der Waals surface area contributed by atoms with Gasteiger partial charge in [-0.3, -0.25) is 0 Å². The highest BCUT2D eigenvalue weighted by atomic mass is 79.9. The first-order chi connectivity index (χ1) is 8.47. The molecule has 1 atom stereocenters. The van der Waals surface area contributed by atoms with E-state index < -0.39 is 0 Å². The Morgan fingerprint density at radius 1 is 1.28 bits per heavy atom. The molecule has 1 fully saturated rings. The number of aryl methyl sites for hydroxylation is 2. The molecule has 0 amide bonds. The maximum atomic E-state index is 5.72. The fraction of sp³-hybridized carbons (Fsp3) is 0.600. The van der Waals surface area contributed by atoms with Gasteiger partial charge in [-0.1, -0.05) is 37.9 Å². The Balaban J connectivity index is 2.18. The zero-order valence-electron chi connectivity index (χ0n) is 11.2. The molecule has 1 aliphatic rings. The Morgan fingerprint density at radius 3 is 2.44 bits per heavy atom. The van der Waals surface area contributed by atoms with Gasteiger partial charge in [-0.25, -0.2) is 0 Å². The van der Waals surface area contributed by atoms with Crippen LogP contribution in [0.2, 0.25) is 0 Å².